The Morgan fingerprint density at radius 1 is 1.07 bits per heavy atom. The summed E-state index contributed by atoms with van der Waals surface area (Å²) in [7, 11) is -2.03. The van der Waals surface area contributed by atoms with Crippen molar-refractivity contribution in [2.75, 3.05) is 26.2 Å². The minimum Gasteiger partial charge on any atom is -0.451 e. The molecule has 0 aliphatic carbocycles. The second-order valence-corrected chi connectivity index (χ2v) is 9.63. The van der Waals surface area contributed by atoms with Gasteiger partial charge in [0.2, 0.25) is 10.0 Å². The fourth-order valence-corrected chi connectivity index (χ4v) is 5.55. The van der Waals surface area contributed by atoms with Crippen LogP contribution in [-0.4, -0.2) is 60.3 Å². The summed E-state index contributed by atoms with van der Waals surface area (Å²) >= 11 is 0. The number of esters is 1. The van der Waals surface area contributed by atoms with E-state index in [0.717, 1.165) is 24.8 Å². The van der Waals surface area contributed by atoms with Crippen molar-refractivity contribution in [3.63, 3.8) is 0 Å². The van der Waals surface area contributed by atoms with E-state index < -0.39 is 16.0 Å². The number of carbonyl (C=O) groups excluding carboxylic acids is 2. The lowest BCUT2D eigenvalue weighted by Crippen LogP contribution is -2.38. The van der Waals surface area contributed by atoms with Crippen LogP contribution in [0, 0.1) is 0 Å². The second-order valence-electron chi connectivity index (χ2n) is 7.69. The molecule has 0 spiro atoms. The lowest BCUT2D eigenvalue weighted by molar-refractivity contribution is -0.135. The van der Waals surface area contributed by atoms with Crippen LogP contribution >= 0.6 is 0 Å². The molecule has 1 fully saturated rings. The summed E-state index contributed by atoms with van der Waals surface area (Å²) in [6.07, 6.45) is 3.85. The number of nitrogens with zero attached hydrogens (tertiary/aromatic N) is 3. The number of hydrogen-bond acceptors (Lipinski definition) is 5. The van der Waals surface area contributed by atoms with Crippen LogP contribution in [0.25, 0.3) is 0 Å². The number of aromatic nitrogens is 1. The molecule has 0 N–H and O–H groups in total. The molecule has 2 aliphatic rings. The van der Waals surface area contributed by atoms with Gasteiger partial charge in [-0.15, -0.1) is 0 Å². The van der Waals surface area contributed by atoms with Crippen LogP contribution in [0.5, 0.6) is 0 Å². The van der Waals surface area contributed by atoms with Gasteiger partial charge in [0.15, 0.2) is 6.61 Å². The first-order chi connectivity index (χ1) is 14.4. The van der Waals surface area contributed by atoms with Gasteiger partial charge in [0.25, 0.3) is 5.91 Å². The topological polar surface area (TPSA) is 88.9 Å². The van der Waals surface area contributed by atoms with Crippen molar-refractivity contribution < 1.29 is 22.7 Å². The van der Waals surface area contributed by atoms with E-state index in [-0.39, 0.29) is 23.1 Å². The van der Waals surface area contributed by atoms with E-state index in [1.165, 1.54) is 26.7 Å². The smallest absolute Gasteiger partial charge is 0.355 e. The monoisotopic (exact) mass is 431 g/mol. The van der Waals surface area contributed by atoms with Gasteiger partial charge in [0, 0.05) is 39.4 Å². The molecule has 8 nitrogen and oxygen atoms in total. The number of carbonyl (C=O) groups is 2. The third-order valence-corrected chi connectivity index (χ3v) is 7.57. The molecule has 1 aromatic heterocycles. The highest BCUT2D eigenvalue weighted by molar-refractivity contribution is 7.89. The maximum atomic E-state index is 12.7. The first kappa shape index (κ1) is 20.6. The van der Waals surface area contributed by atoms with E-state index in [2.05, 4.69) is 6.07 Å². The molecule has 30 heavy (non-hydrogen) atoms. The van der Waals surface area contributed by atoms with Gasteiger partial charge in [-0.2, -0.15) is 4.31 Å². The quantitative estimate of drug-likeness (QED) is 0.671. The van der Waals surface area contributed by atoms with Crippen LogP contribution in [0.2, 0.25) is 0 Å². The summed E-state index contributed by atoms with van der Waals surface area (Å²) < 4.78 is 33.4. The van der Waals surface area contributed by atoms with Crippen LogP contribution in [0.15, 0.2) is 41.4 Å². The number of hydrogen-bond donors (Lipinski definition) is 0. The van der Waals surface area contributed by atoms with Gasteiger partial charge in [-0.25, -0.2) is 13.2 Å². The second kappa shape index (κ2) is 8.23. The fourth-order valence-electron chi connectivity index (χ4n) is 3.96. The van der Waals surface area contributed by atoms with Crippen LogP contribution in [0.1, 0.15) is 34.5 Å². The predicted octanol–water partition coefficient (Wildman–Crippen LogP) is 1.55. The highest BCUT2D eigenvalue weighted by Crippen LogP contribution is 2.23. The average Bonchev–Trinajstić information content (AvgIpc) is 3.42. The van der Waals surface area contributed by atoms with E-state index in [1.54, 1.807) is 11.9 Å². The molecule has 0 radical (unpaired) electrons. The number of ether oxygens (including phenoxy) is 1. The van der Waals surface area contributed by atoms with Gasteiger partial charge in [0.1, 0.15) is 10.6 Å². The Bertz CT molecular complexity index is 1070. The van der Waals surface area contributed by atoms with Crippen molar-refractivity contribution >= 4 is 21.9 Å². The third kappa shape index (κ3) is 3.99. The summed E-state index contributed by atoms with van der Waals surface area (Å²) in [6.45, 7) is 1.68. The largest absolute Gasteiger partial charge is 0.451 e. The number of fused-ring (bicyclic) bond motifs is 1. The van der Waals surface area contributed by atoms with Crippen LogP contribution in [0.3, 0.4) is 0 Å². The number of benzene rings is 1. The maximum absolute atomic E-state index is 12.7. The van der Waals surface area contributed by atoms with Gasteiger partial charge in [-0.1, -0.05) is 24.3 Å². The summed E-state index contributed by atoms with van der Waals surface area (Å²) in [5.74, 6) is -0.983. The Morgan fingerprint density at radius 3 is 2.50 bits per heavy atom. The molecule has 1 amide bonds. The molecule has 0 atom stereocenters. The Hall–Kier alpha value is -2.65. The van der Waals surface area contributed by atoms with Gasteiger partial charge < -0.3 is 14.2 Å². The fraction of sp³-hybridized carbons (Fsp3) is 0.429. The molecule has 3 heterocycles. The zero-order chi connectivity index (χ0) is 21.3. The molecule has 4 rings (SSSR count). The molecular weight excluding hydrogens is 406 g/mol. The van der Waals surface area contributed by atoms with Crippen molar-refractivity contribution in [3.8, 4) is 0 Å². The van der Waals surface area contributed by atoms with E-state index in [0.29, 0.717) is 26.2 Å². The highest BCUT2D eigenvalue weighted by atomic mass is 32.2. The van der Waals surface area contributed by atoms with E-state index in [9.17, 15) is 18.0 Å². The average molecular weight is 432 g/mol. The van der Waals surface area contributed by atoms with E-state index in [4.69, 9.17) is 4.74 Å². The van der Waals surface area contributed by atoms with Crippen molar-refractivity contribution in [3.05, 3.63) is 53.3 Å². The van der Waals surface area contributed by atoms with Gasteiger partial charge >= 0.3 is 5.97 Å². The molecule has 0 saturated carbocycles. The van der Waals surface area contributed by atoms with Crippen LogP contribution in [-0.2, 0) is 39.6 Å². The SMILES string of the molecule is Cn1cc(S(=O)(=O)N2CCCC2)cc1C(=O)OCC(=O)N1CCc2ccccc2C1. The molecular formula is C21H25N3O5S. The Balaban J connectivity index is 1.39. The summed E-state index contributed by atoms with van der Waals surface area (Å²) in [5, 5.41) is 0. The molecule has 0 unspecified atom stereocenters. The van der Waals surface area contributed by atoms with Crippen molar-refractivity contribution in [1.29, 1.82) is 0 Å². The molecule has 2 aromatic rings. The van der Waals surface area contributed by atoms with Crippen molar-refractivity contribution in [2.24, 2.45) is 7.05 Å². The molecule has 1 aromatic carbocycles. The van der Waals surface area contributed by atoms with Gasteiger partial charge in [-0.05, 0) is 36.5 Å². The Morgan fingerprint density at radius 2 is 1.77 bits per heavy atom. The number of rotatable bonds is 5. The van der Waals surface area contributed by atoms with E-state index in [1.807, 2.05) is 18.2 Å². The lowest BCUT2D eigenvalue weighted by atomic mass is 10.00. The predicted molar refractivity (Wildman–Crippen MR) is 109 cm³/mol. The number of amides is 1. The highest BCUT2D eigenvalue weighted by Gasteiger charge is 2.30. The third-order valence-electron chi connectivity index (χ3n) is 5.70. The number of aryl methyl sites for hydroxylation is 1. The molecule has 0 bridgehead atoms. The lowest BCUT2D eigenvalue weighted by Gasteiger charge is -2.28. The molecule has 1 saturated heterocycles. The normalized spacial score (nSPS) is 17.0. The zero-order valence-corrected chi connectivity index (χ0v) is 17.7. The van der Waals surface area contributed by atoms with E-state index >= 15 is 0 Å². The standard InChI is InChI=1S/C21H25N3O5S/c1-22-14-18(30(27,28)24-9-4-5-10-24)12-19(22)21(26)29-15-20(25)23-11-8-16-6-2-3-7-17(16)13-23/h2-3,6-7,12,14H,4-5,8-11,13,15H2,1H3. The van der Waals surface area contributed by atoms with Gasteiger partial charge in [0.05, 0.1) is 0 Å². The summed E-state index contributed by atoms with van der Waals surface area (Å²) in [6, 6.07) is 9.29. The Labute approximate surface area is 176 Å². The molecule has 2 aliphatic heterocycles. The summed E-state index contributed by atoms with van der Waals surface area (Å²) in [5.41, 5.74) is 2.43. The minimum atomic E-state index is -3.62. The minimum absolute atomic E-state index is 0.0674. The molecule has 160 valence electrons. The van der Waals surface area contributed by atoms with Crippen molar-refractivity contribution in [1.82, 2.24) is 13.8 Å². The van der Waals surface area contributed by atoms with Crippen molar-refractivity contribution in [2.45, 2.75) is 30.7 Å². The van der Waals surface area contributed by atoms with Crippen LogP contribution < -0.4 is 0 Å². The van der Waals surface area contributed by atoms with Gasteiger partial charge in [-0.3, -0.25) is 4.79 Å². The molecule has 9 heteroatoms. The number of sulfonamides is 1. The zero-order valence-electron chi connectivity index (χ0n) is 16.9. The van der Waals surface area contributed by atoms with Crippen LogP contribution in [0.4, 0.5) is 0 Å². The first-order valence-corrected chi connectivity index (χ1v) is 11.5. The first-order valence-electron chi connectivity index (χ1n) is 10.0. The Kier molecular flexibility index (Phi) is 5.66. The summed E-state index contributed by atoms with van der Waals surface area (Å²) in [4.78, 5) is 26.7. The maximum Gasteiger partial charge on any atom is 0.355 e.